The van der Waals surface area contributed by atoms with E-state index in [-0.39, 0.29) is 10.8 Å². The third-order valence-corrected chi connectivity index (χ3v) is 3.21. The van der Waals surface area contributed by atoms with E-state index in [1.54, 1.807) is 0 Å². The first-order valence-corrected chi connectivity index (χ1v) is 8.22. The molecule has 0 aliphatic carbocycles. The summed E-state index contributed by atoms with van der Waals surface area (Å²) in [6, 6.07) is 2.48. The number of pyridine rings is 1. The van der Waals surface area contributed by atoms with Gasteiger partial charge in [0.05, 0.1) is 23.0 Å². The van der Waals surface area contributed by atoms with E-state index in [9.17, 15) is 22.0 Å². The van der Waals surface area contributed by atoms with E-state index >= 15 is 0 Å². The predicted octanol–water partition coefficient (Wildman–Crippen LogP) is 2.49. The molecule has 0 spiro atoms. The average molecular weight is 363 g/mol. The number of ether oxygens (including phenoxy) is 1. The zero-order chi connectivity index (χ0) is 17.2. The van der Waals surface area contributed by atoms with E-state index in [0.29, 0.717) is 18.4 Å². The lowest BCUT2D eigenvalue weighted by Crippen LogP contribution is -2.30. The van der Waals surface area contributed by atoms with Gasteiger partial charge in [-0.1, -0.05) is 11.6 Å². The Bertz CT molecular complexity index is 874. The van der Waals surface area contributed by atoms with Gasteiger partial charge >= 0.3 is 0 Å². The lowest BCUT2D eigenvalue weighted by atomic mass is 10.2. The van der Waals surface area contributed by atoms with Crippen molar-refractivity contribution in [3.8, 4) is 11.5 Å². The highest BCUT2D eigenvalue weighted by molar-refractivity contribution is 7.89. The molecule has 2 aromatic rings. The molecule has 0 fully saturated rings. The Morgan fingerprint density at radius 2 is 1.91 bits per heavy atom. The van der Waals surface area contributed by atoms with E-state index in [4.69, 9.17) is 16.3 Å². The van der Waals surface area contributed by atoms with Crippen molar-refractivity contribution < 1.29 is 26.7 Å². The molecule has 122 valence electrons. The quantitative estimate of drug-likeness (QED) is 0.903. The van der Waals surface area contributed by atoms with Crippen LogP contribution in [0.5, 0.6) is 11.5 Å². The number of nitrogens with one attached hydrogen (secondary N) is 1. The molecule has 10 heteroatoms. The molecule has 0 aliphatic heterocycles. The smallest absolute Gasteiger partial charge is 0.267 e. The van der Waals surface area contributed by atoms with Gasteiger partial charge < -0.3 is 4.74 Å². The van der Waals surface area contributed by atoms with Gasteiger partial charge in [0.15, 0.2) is 11.6 Å². The largest absolute Gasteiger partial charge is 0.452 e. The van der Waals surface area contributed by atoms with Crippen LogP contribution in [0.25, 0.3) is 0 Å². The zero-order valence-corrected chi connectivity index (χ0v) is 13.1. The second kappa shape index (κ2) is 6.47. The van der Waals surface area contributed by atoms with E-state index < -0.39 is 38.9 Å². The standard InChI is InChI=1S/C13H9ClF2N2O4S/c1-23(20,21)18-13(19)9-3-11(16)12(4-10(9)15)22-8-2-7(14)5-17-6-8/h2-6H,1H3,(H,18,19). The van der Waals surface area contributed by atoms with Gasteiger partial charge in [-0.25, -0.2) is 21.9 Å². The van der Waals surface area contributed by atoms with Crippen LogP contribution >= 0.6 is 11.6 Å². The maximum atomic E-state index is 13.9. The number of carbonyl (C=O) groups is 1. The summed E-state index contributed by atoms with van der Waals surface area (Å²) in [5.41, 5.74) is -0.774. The van der Waals surface area contributed by atoms with Gasteiger partial charge in [0.25, 0.3) is 5.91 Å². The molecule has 0 unspecified atom stereocenters. The van der Waals surface area contributed by atoms with Crippen LogP contribution in [0.15, 0.2) is 30.6 Å². The number of rotatable bonds is 4. The molecule has 0 aliphatic rings. The van der Waals surface area contributed by atoms with Crippen molar-refractivity contribution in [1.82, 2.24) is 9.71 Å². The fourth-order valence-electron chi connectivity index (χ4n) is 1.58. The topological polar surface area (TPSA) is 85.4 Å². The molecule has 1 N–H and O–H groups in total. The van der Waals surface area contributed by atoms with Crippen molar-refractivity contribution in [2.24, 2.45) is 0 Å². The maximum absolute atomic E-state index is 13.9. The summed E-state index contributed by atoms with van der Waals surface area (Å²) in [6.07, 6.45) is 3.26. The van der Waals surface area contributed by atoms with Crippen LogP contribution < -0.4 is 9.46 Å². The average Bonchev–Trinajstić information content (AvgIpc) is 2.40. The Hall–Kier alpha value is -2.26. The predicted molar refractivity (Wildman–Crippen MR) is 78.0 cm³/mol. The minimum absolute atomic E-state index is 0.0594. The van der Waals surface area contributed by atoms with Gasteiger partial charge in [-0.05, 0) is 6.07 Å². The van der Waals surface area contributed by atoms with Gasteiger partial charge in [0.2, 0.25) is 10.0 Å². The molecular weight excluding hydrogens is 354 g/mol. The molecule has 0 radical (unpaired) electrons. The normalized spacial score (nSPS) is 11.1. The molecule has 1 aromatic carbocycles. The first-order chi connectivity index (χ1) is 10.7. The number of nitrogens with zero attached hydrogens (tertiary/aromatic N) is 1. The number of halogens is 3. The molecule has 0 saturated heterocycles. The molecule has 6 nitrogen and oxygen atoms in total. The Kier molecular flexibility index (Phi) is 4.81. The summed E-state index contributed by atoms with van der Waals surface area (Å²) < 4.78 is 56.4. The third kappa shape index (κ3) is 4.60. The van der Waals surface area contributed by atoms with Crippen LogP contribution in [0, 0.1) is 11.6 Å². The van der Waals surface area contributed by atoms with Crippen LogP contribution in [0.4, 0.5) is 8.78 Å². The van der Waals surface area contributed by atoms with Gasteiger partial charge in [-0.2, -0.15) is 0 Å². The number of hydrogen-bond acceptors (Lipinski definition) is 5. The highest BCUT2D eigenvalue weighted by Crippen LogP contribution is 2.28. The van der Waals surface area contributed by atoms with Crippen LogP contribution in [-0.2, 0) is 10.0 Å². The van der Waals surface area contributed by atoms with E-state index in [1.165, 1.54) is 23.2 Å². The fraction of sp³-hybridized carbons (Fsp3) is 0.0769. The third-order valence-electron chi connectivity index (χ3n) is 2.45. The lowest BCUT2D eigenvalue weighted by molar-refractivity contribution is 0.0977. The SMILES string of the molecule is CS(=O)(=O)NC(=O)c1cc(F)c(Oc2cncc(Cl)c2)cc1F. The van der Waals surface area contributed by atoms with Gasteiger partial charge in [0.1, 0.15) is 11.6 Å². The number of aromatic nitrogens is 1. The van der Waals surface area contributed by atoms with Gasteiger partial charge in [-0.15, -0.1) is 0 Å². The number of hydrogen-bond donors (Lipinski definition) is 1. The van der Waals surface area contributed by atoms with Crippen molar-refractivity contribution >= 4 is 27.5 Å². The van der Waals surface area contributed by atoms with Crippen LogP contribution in [0.2, 0.25) is 5.02 Å². The summed E-state index contributed by atoms with van der Waals surface area (Å²) in [6.45, 7) is 0. The summed E-state index contributed by atoms with van der Waals surface area (Å²) in [7, 11) is -3.91. The van der Waals surface area contributed by atoms with Crippen molar-refractivity contribution in [3.63, 3.8) is 0 Å². The zero-order valence-electron chi connectivity index (χ0n) is 11.5. The number of amides is 1. The second-order valence-corrected chi connectivity index (χ2v) is 6.59. The minimum atomic E-state index is -3.91. The van der Waals surface area contributed by atoms with Gasteiger partial charge in [0, 0.05) is 18.3 Å². The monoisotopic (exact) mass is 362 g/mol. The van der Waals surface area contributed by atoms with Crippen LogP contribution in [0.1, 0.15) is 10.4 Å². The molecule has 0 saturated carbocycles. The summed E-state index contributed by atoms with van der Waals surface area (Å²) in [4.78, 5) is 15.3. The molecule has 2 rings (SSSR count). The Morgan fingerprint density at radius 3 is 2.52 bits per heavy atom. The Morgan fingerprint density at radius 1 is 1.22 bits per heavy atom. The minimum Gasteiger partial charge on any atom is -0.452 e. The van der Waals surface area contributed by atoms with Crippen molar-refractivity contribution in [3.05, 3.63) is 52.8 Å². The molecule has 0 atom stereocenters. The molecule has 0 bridgehead atoms. The fourth-order valence-corrected chi connectivity index (χ4v) is 2.19. The van der Waals surface area contributed by atoms with Crippen molar-refractivity contribution in [1.29, 1.82) is 0 Å². The second-order valence-electron chi connectivity index (χ2n) is 4.41. The molecule has 23 heavy (non-hydrogen) atoms. The number of sulfonamides is 1. The Labute approximate surface area is 135 Å². The van der Waals surface area contributed by atoms with E-state index in [2.05, 4.69) is 4.98 Å². The first-order valence-electron chi connectivity index (χ1n) is 5.95. The van der Waals surface area contributed by atoms with E-state index in [1.807, 2.05) is 0 Å². The van der Waals surface area contributed by atoms with Crippen LogP contribution in [0.3, 0.4) is 0 Å². The molecule has 1 amide bonds. The summed E-state index contributed by atoms with van der Waals surface area (Å²) in [5, 5.41) is 0.229. The summed E-state index contributed by atoms with van der Waals surface area (Å²) >= 11 is 5.69. The van der Waals surface area contributed by atoms with Gasteiger partial charge in [-0.3, -0.25) is 9.78 Å². The van der Waals surface area contributed by atoms with Crippen molar-refractivity contribution in [2.45, 2.75) is 0 Å². The number of carbonyl (C=O) groups excluding carboxylic acids is 1. The highest BCUT2D eigenvalue weighted by Gasteiger charge is 2.19. The highest BCUT2D eigenvalue weighted by atomic mass is 35.5. The first kappa shape index (κ1) is 17.1. The maximum Gasteiger partial charge on any atom is 0.267 e. The van der Waals surface area contributed by atoms with Crippen LogP contribution in [-0.4, -0.2) is 25.6 Å². The Balaban J connectivity index is 2.32. The lowest BCUT2D eigenvalue weighted by Gasteiger charge is -2.09. The number of benzene rings is 1. The molecule has 1 heterocycles. The summed E-state index contributed by atoms with van der Waals surface area (Å²) in [5.74, 6) is -3.96. The molecular formula is C13H9ClF2N2O4S. The molecule has 1 aromatic heterocycles. The van der Waals surface area contributed by atoms with Crippen molar-refractivity contribution in [2.75, 3.05) is 6.26 Å². The van der Waals surface area contributed by atoms with E-state index in [0.717, 1.165) is 0 Å².